The molecule has 0 aliphatic rings. The summed E-state index contributed by atoms with van der Waals surface area (Å²) in [5, 5.41) is 8.54. The molecule has 0 fully saturated rings. The Labute approximate surface area is 267 Å². The molecule has 0 saturated heterocycles. The van der Waals surface area contributed by atoms with Gasteiger partial charge in [0.1, 0.15) is 11.5 Å². The lowest BCUT2D eigenvalue weighted by molar-refractivity contribution is -0.185. The summed E-state index contributed by atoms with van der Waals surface area (Å²) in [5.41, 5.74) is 12.8. The van der Waals surface area contributed by atoms with Crippen LogP contribution in [0.15, 0.2) is 72.8 Å². The maximum absolute atomic E-state index is 14.7. The van der Waals surface area contributed by atoms with Crippen LogP contribution in [0.5, 0.6) is 11.5 Å². The summed E-state index contributed by atoms with van der Waals surface area (Å²) in [7, 11) is 0. The number of alkyl halides is 2. The van der Waals surface area contributed by atoms with Crippen LogP contribution in [-0.4, -0.2) is 31.8 Å². The number of unbranched alkanes of at least 4 members (excludes halogenated alkanes) is 6. The normalized spacial score (nSPS) is 11.2. The van der Waals surface area contributed by atoms with E-state index in [9.17, 15) is 18.4 Å². The lowest BCUT2D eigenvalue weighted by Crippen LogP contribution is -2.21. The molecule has 3 aromatic rings. The van der Waals surface area contributed by atoms with Crippen molar-refractivity contribution in [3.8, 4) is 17.6 Å². The minimum absolute atomic E-state index is 0.0355. The second-order valence-corrected chi connectivity index (χ2v) is 10.5. The van der Waals surface area contributed by atoms with Crippen molar-refractivity contribution in [1.82, 2.24) is 0 Å². The van der Waals surface area contributed by atoms with Crippen LogP contribution in [-0.2, 0) is 20.4 Å². The monoisotopic (exact) mass is 635 g/mol. The smallest absolute Gasteiger partial charge is 0.426 e. The van der Waals surface area contributed by atoms with Crippen molar-refractivity contribution in [1.29, 1.82) is 5.26 Å². The van der Waals surface area contributed by atoms with Gasteiger partial charge in [0, 0.05) is 23.9 Å². The summed E-state index contributed by atoms with van der Waals surface area (Å²) in [5.74, 6) is -0.559. The average molecular weight is 636 g/mol. The maximum atomic E-state index is 14.7. The molecule has 0 aliphatic carbocycles. The second-order valence-electron chi connectivity index (χ2n) is 10.5. The number of carbonyl (C=O) groups excluding carboxylic acids is 2. The van der Waals surface area contributed by atoms with Crippen molar-refractivity contribution in [3.05, 3.63) is 89.5 Å². The molecule has 0 amide bonds. The predicted octanol–water partition coefficient (Wildman–Crippen LogP) is 7.42. The van der Waals surface area contributed by atoms with E-state index >= 15 is 0 Å². The van der Waals surface area contributed by atoms with Crippen LogP contribution in [0.3, 0.4) is 0 Å². The molecule has 46 heavy (non-hydrogen) atoms. The topological polar surface area (TPSA) is 147 Å². The zero-order valence-electron chi connectivity index (χ0n) is 25.6. The molecule has 0 radical (unpaired) electrons. The lowest BCUT2D eigenvalue weighted by atomic mass is 10.2. The zero-order chi connectivity index (χ0) is 33.2. The SMILES string of the molecule is N#CCCCCCOc1ccc(C(F)(F)Oc2ccc(/C=C/C(=O)OCCCCCCOC(=O)c3cc(N)cc(N)c3)cc2)cc1. The van der Waals surface area contributed by atoms with Crippen molar-refractivity contribution in [2.24, 2.45) is 0 Å². The molecule has 244 valence electrons. The summed E-state index contributed by atoms with van der Waals surface area (Å²) in [6.07, 6.45) is 5.08. The third-order valence-corrected chi connectivity index (χ3v) is 6.66. The van der Waals surface area contributed by atoms with E-state index in [0.717, 1.165) is 32.1 Å². The van der Waals surface area contributed by atoms with Crippen LogP contribution in [0.1, 0.15) is 72.9 Å². The first-order valence-electron chi connectivity index (χ1n) is 15.1. The number of anilines is 2. The minimum atomic E-state index is -3.56. The molecule has 0 atom stereocenters. The number of ether oxygens (including phenoxy) is 4. The number of rotatable bonds is 19. The number of nitrogens with zero attached hydrogens (tertiary/aromatic N) is 1. The number of nitriles is 1. The van der Waals surface area contributed by atoms with Crippen LogP contribution in [0.4, 0.5) is 20.2 Å². The Hall–Kier alpha value is -5.11. The fraction of sp³-hybridized carbons (Fsp3) is 0.343. The fourth-order valence-electron chi connectivity index (χ4n) is 4.26. The van der Waals surface area contributed by atoms with Crippen LogP contribution in [0.25, 0.3) is 6.08 Å². The highest BCUT2D eigenvalue weighted by Gasteiger charge is 2.34. The van der Waals surface area contributed by atoms with Crippen molar-refractivity contribution < 1.29 is 37.3 Å². The lowest BCUT2D eigenvalue weighted by Gasteiger charge is -2.18. The number of hydrogen-bond donors (Lipinski definition) is 2. The molecule has 0 aromatic heterocycles. The molecule has 0 heterocycles. The summed E-state index contributed by atoms with van der Waals surface area (Å²) < 4.78 is 50.4. The number of nitrogen functional groups attached to an aromatic ring is 2. The molecule has 9 nitrogen and oxygen atoms in total. The largest absolute Gasteiger partial charge is 0.494 e. The first kappa shape index (κ1) is 35.4. The summed E-state index contributed by atoms with van der Waals surface area (Å²) in [4.78, 5) is 24.1. The Morgan fingerprint density at radius 2 is 1.35 bits per heavy atom. The maximum Gasteiger partial charge on any atom is 0.426 e. The molecule has 11 heteroatoms. The van der Waals surface area contributed by atoms with Gasteiger partial charge in [-0.05, 0) is 111 Å². The summed E-state index contributed by atoms with van der Waals surface area (Å²) >= 11 is 0. The van der Waals surface area contributed by atoms with Crippen molar-refractivity contribution >= 4 is 29.4 Å². The van der Waals surface area contributed by atoms with E-state index in [1.54, 1.807) is 18.2 Å². The van der Waals surface area contributed by atoms with E-state index in [0.29, 0.717) is 54.1 Å². The molecule has 4 N–H and O–H groups in total. The molecular weight excluding hydrogens is 596 g/mol. The summed E-state index contributed by atoms with van der Waals surface area (Å²) in [6.45, 7) is 0.943. The van der Waals surface area contributed by atoms with Crippen LogP contribution in [0, 0.1) is 11.3 Å². The molecule has 3 aromatic carbocycles. The first-order chi connectivity index (χ1) is 22.2. The van der Waals surface area contributed by atoms with Crippen LogP contribution < -0.4 is 20.9 Å². The average Bonchev–Trinajstić information content (AvgIpc) is 3.03. The number of esters is 2. The number of carbonyl (C=O) groups is 2. The van der Waals surface area contributed by atoms with Gasteiger partial charge in [-0.25, -0.2) is 9.59 Å². The van der Waals surface area contributed by atoms with Gasteiger partial charge in [0.15, 0.2) is 0 Å². The summed E-state index contributed by atoms with van der Waals surface area (Å²) in [6, 6.07) is 18.0. The number of nitrogens with two attached hydrogens (primary N) is 2. The second kappa shape index (κ2) is 18.6. The molecular formula is C35H39F2N3O6. The van der Waals surface area contributed by atoms with E-state index in [-0.39, 0.29) is 24.5 Å². The molecule has 0 aliphatic heterocycles. The Kier molecular flexibility index (Phi) is 14.3. The number of benzene rings is 3. The third kappa shape index (κ3) is 12.9. The van der Waals surface area contributed by atoms with E-state index in [1.807, 2.05) is 0 Å². The molecule has 0 spiro atoms. The minimum Gasteiger partial charge on any atom is -0.494 e. The van der Waals surface area contributed by atoms with Gasteiger partial charge in [-0.3, -0.25) is 0 Å². The van der Waals surface area contributed by atoms with Crippen LogP contribution >= 0.6 is 0 Å². The molecule has 0 saturated carbocycles. The standard InChI is InChI=1S/C35H39F2N3O6/c36-35(37,28-12-16-31(17-13-28)43-20-6-2-1-5-19-38)46-32-14-9-26(10-15-32)11-18-33(41)44-21-7-3-4-8-22-45-34(42)27-23-29(39)25-30(40)24-27/h9-18,23-25H,1-8,20-22,39-40H2/b18-11+. The Morgan fingerprint density at radius 3 is 2.00 bits per heavy atom. The molecule has 3 rings (SSSR count). The Balaban J connectivity index is 1.30. The quantitative estimate of drug-likeness (QED) is 0.0594. The highest BCUT2D eigenvalue weighted by Crippen LogP contribution is 2.32. The van der Waals surface area contributed by atoms with Gasteiger partial charge in [-0.1, -0.05) is 12.1 Å². The van der Waals surface area contributed by atoms with Crippen molar-refractivity contribution in [3.63, 3.8) is 0 Å². The van der Waals surface area contributed by atoms with Gasteiger partial charge in [-0.15, -0.1) is 0 Å². The third-order valence-electron chi connectivity index (χ3n) is 6.66. The zero-order valence-corrected chi connectivity index (χ0v) is 25.6. The predicted molar refractivity (Wildman–Crippen MR) is 171 cm³/mol. The highest BCUT2D eigenvalue weighted by atomic mass is 19.3. The molecule has 0 bridgehead atoms. The highest BCUT2D eigenvalue weighted by molar-refractivity contribution is 5.91. The van der Waals surface area contributed by atoms with Gasteiger partial charge in [-0.2, -0.15) is 14.0 Å². The van der Waals surface area contributed by atoms with E-state index in [2.05, 4.69) is 6.07 Å². The Morgan fingerprint density at radius 1 is 0.761 bits per heavy atom. The fourth-order valence-corrected chi connectivity index (χ4v) is 4.26. The van der Waals surface area contributed by atoms with E-state index in [4.69, 9.17) is 35.7 Å². The van der Waals surface area contributed by atoms with Gasteiger partial charge in [0.05, 0.1) is 37.0 Å². The first-order valence-corrected chi connectivity index (χ1v) is 15.1. The van der Waals surface area contributed by atoms with E-state index in [1.165, 1.54) is 60.7 Å². The van der Waals surface area contributed by atoms with Gasteiger partial charge >= 0.3 is 18.0 Å². The van der Waals surface area contributed by atoms with Crippen molar-refractivity contribution in [2.75, 3.05) is 31.3 Å². The van der Waals surface area contributed by atoms with Gasteiger partial charge < -0.3 is 30.4 Å². The molecule has 0 unspecified atom stereocenters. The number of halogens is 2. The van der Waals surface area contributed by atoms with E-state index < -0.39 is 18.0 Å². The Bertz CT molecular complexity index is 1450. The van der Waals surface area contributed by atoms with Crippen molar-refractivity contribution in [2.45, 2.75) is 57.5 Å². The van der Waals surface area contributed by atoms with Crippen LogP contribution in [0.2, 0.25) is 0 Å². The number of hydrogen-bond acceptors (Lipinski definition) is 9. The van der Waals surface area contributed by atoms with Gasteiger partial charge in [0.25, 0.3) is 0 Å². The van der Waals surface area contributed by atoms with Gasteiger partial charge in [0.2, 0.25) is 0 Å².